The third kappa shape index (κ3) is 6.07. The number of hydrogen-bond donors (Lipinski definition) is 0. The van der Waals surface area contributed by atoms with Gasteiger partial charge in [0, 0.05) is 18.6 Å². The van der Waals surface area contributed by atoms with Crippen molar-refractivity contribution < 1.29 is 18.0 Å². The number of carbonyl (C=O) groups is 1. The average molecular weight is 242 g/mol. The normalized spacial score (nSPS) is 13.9. The molecule has 1 unspecified atom stereocenters. The van der Waals surface area contributed by atoms with E-state index in [0.29, 0.717) is 12.8 Å². The van der Waals surface area contributed by atoms with E-state index in [1.165, 1.54) is 0 Å². The topological polar surface area (TPSA) is 17.1 Å². The Labute approximate surface area is 92.8 Å². The predicted octanol–water partition coefficient (Wildman–Crippen LogP) is 3.82. The standard InChI is InChI=1S/C10H17F3OS/c1-3-5-8(11)10(12,13)6-7-15-9(14)4-2/h8H,3-7H2,1-2H3. The highest BCUT2D eigenvalue weighted by Gasteiger charge is 2.38. The summed E-state index contributed by atoms with van der Waals surface area (Å²) in [5, 5.41) is -0.128. The van der Waals surface area contributed by atoms with Crippen molar-refractivity contribution in [1.82, 2.24) is 0 Å². The van der Waals surface area contributed by atoms with E-state index in [1.54, 1.807) is 13.8 Å². The molecule has 0 saturated carbocycles. The number of alkyl halides is 3. The zero-order chi connectivity index (χ0) is 11.9. The first-order valence-corrected chi connectivity index (χ1v) is 6.10. The lowest BCUT2D eigenvalue weighted by Gasteiger charge is -2.19. The molecular formula is C10H17F3OS. The molecule has 0 aliphatic carbocycles. The molecular weight excluding hydrogens is 225 g/mol. The van der Waals surface area contributed by atoms with E-state index in [1.807, 2.05) is 0 Å². The fourth-order valence-corrected chi connectivity index (χ4v) is 1.83. The Kier molecular flexibility index (Phi) is 7.05. The molecule has 0 heterocycles. The van der Waals surface area contributed by atoms with Crippen LogP contribution < -0.4 is 0 Å². The van der Waals surface area contributed by atoms with Gasteiger partial charge in [-0.2, -0.15) is 0 Å². The summed E-state index contributed by atoms with van der Waals surface area (Å²) in [4.78, 5) is 10.8. The first-order chi connectivity index (χ1) is 6.94. The molecule has 0 rings (SSSR count). The summed E-state index contributed by atoms with van der Waals surface area (Å²) in [6.07, 6.45) is -2.05. The minimum Gasteiger partial charge on any atom is -0.287 e. The van der Waals surface area contributed by atoms with E-state index in [-0.39, 0.29) is 17.3 Å². The quantitative estimate of drug-likeness (QED) is 0.675. The number of carbonyl (C=O) groups excluding carboxylic acids is 1. The summed E-state index contributed by atoms with van der Waals surface area (Å²) in [5.41, 5.74) is 0. The Bertz CT molecular complexity index is 197. The summed E-state index contributed by atoms with van der Waals surface area (Å²) in [6.45, 7) is 3.33. The molecule has 0 saturated heterocycles. The third-order valence-corrected chi connectivity index (χ3v) is 3.01. The smallest absolute Gasteiger partial charge is 0.279 e. The molecule has 1 atom stereocenters. The van der Waals surface area contributed by atoms with Crippen molar-refractivity contribution in [3.05, 3.63) is 0 Å². The van der Waals surface area contributed by atoms with Gasteiger partial charge in [-0.1, -0.05) is 32.0 Å². The SMILES string of the molecule is CCCC(F)C(F)(F)CCSC(=O)CC. The number of rotatable bonds is 7. The van der Waals surface area contributed by atoms with Crippen molar-refractivity contribution in [1.29, 1.82) is 0 Å². The molecule has 0 amide bonds. The number of halogens is 3. The second-order valence-electron chi connectivity index (χ2n) is 3.34. The van der Waals surface area contributed by atoms with Gasteiger partial charge < -0.3 is 0 Å². The van der Waals surface area contributed by atoms with Gasteiger partial charge in [0.2, 0.25) is 0 Å². The van der Waals surface area contributed by atoms with Crippen LogP contribution in [0.5, 0.6) is 0 Å². The minimum absolute atomic E-state index is 0.0101. The van der Waals surface area contributed by atoms with E-state index < -0.39 is 18.5 Å². The summed E-state index contributed by atoms with van der Waals surface area (Å²) < 4.78 is 39.1. The second-order valence-corrected chi connectivity index (χ2v) is 4.49. The Morgan fingerprint density at radius 1 is 1.40 bits per heavy atom. The van der Waals surface area contributed by atoms with Gasteiger partial charge >= 0.3 is 0 Å². The lowest BCUT2D eigenvalue weighted by molar-refractivity contribution is -0.110. The second kappa shape index (κ2) is 7.14. The number of thioether (sulfide) groups is 1. The highest BCUT2D eigenvalue weighted by Crippen LogP contribution is 2.30. The van der Waals surface area contributed by atoms with Gasteiger partial charge in [0.1, 0.15) is 0 Å². The molecule has 90 valence electrons. The van der Waals surface area contributed by atoms with Gasteiger partial charge in [-0.05, 0) is 6.42 Å². The van der Waals surface area contributed by atoms with Crippen LogP contribution in [-0.2, 0) is 4.79 Å². The largest absolute Gasteiger partial charge is 0.287 e. The maximum absolute atomic E-state index is 13.1. The zero-order valence-electron chi connectivity index (χ0n) is 9.06. The predicted molar refractivity (Wildman–Crippen MR) is 57.1 cm³/mol. The van der Waals surface area contributed by atoms with Crippen molar-refractivity contribution in [2.75, 3.05) is 5.75 Å². The van der Waals surface area contributed by atoms with Gasteiger partial charge in [-0.3, -0.25) is 4.79 Å². The van der Waals surface area contributed by atoms with Crippen LogP contribution >= 0.6 is 11.8 Å². The first kappa shape index (κ1) is 14.8. The van der Waals surface area contributed by atoms with E-state index in [0.717, 1.165) is 11.8 Å². The molecule has 0 aromatic rings. The van der Waals surface area contributed by atoms with Gasteiger partial charge in [0.15, 0.2) is 11.3 Å². The van der Waals surface area contributed by atoms with Crippen molar-refractivity contribution in [3.8, 4) is 0 Å². The van der Waals surface area contributed by atoms with Gasteiger partial charge in [0.25, 0.3) is 5.92 Å². The summed E-state index contributed by atoms with van der Waals surface area (Å²) in [6, 6.07) is 0. The van der Waals surface area contributed by atoms with Gasteiger partial charge in [-0.15, -0.1) is 0 Å². The molecule has 0 bridgehead atoms. The Morgan fingerprint density at radius 2 is 2.00 bits per heavy atom. The van der Waals surface area contributed by atoms with Crippen LogP contribution in [0.3, 0.4) is 0 Å². The highest BCUT2D eigenvalue weighted by molar-refractivity contribution is 8.13. The molecule has 5 heteroatoms. The van der Waals surface area contributed by atoms with E-state index in [4.69, 9.17) is 0 Å². The lowest BCUT2D eigenvalue weighted by atomic mass is 10.1. The molecule has 0 spiro atoms. The molecule has 0 aliphatic rings. The molecule has 0 aromatic heterocycles. The molecule has 1 nitrogen and oxygen atoms in total. The van der Waals surface area contributed by atoms with Crippen LogP contribution in [0.15, 0.2) is 0 Å². The maximum atomic E-state index is 13.1. The monoisotopic (exact) mass is 242 g/mol. The van der Waals surface area contributed by atoms with Crippen molar-refractivity contribution in [3.63, 3.8) is 0 Å². The lowest BCUT2D eigenvalue weighted by Crippen LogP contribution is -2.30. The Hall–Kier alpha value is -0.190. The Morgan fingerprint density at radius 3 is 2.47 bits per heavy atom. The van der Waals surface area contributed by atoms with E-state index in [9.17, 15) is 18.0 Å². The maximum Gasteiger partial charge on any atom is 0.279 e. The molecule has 0 aromatic carbocycles. The molecule has 0 aliphatic heterocycles. The van der Waals surface area contributed by atoms with Crippen LogP contribution in [0.4, 0.5) is 13.2 Å². The molecule has 0 N–H and O–H groups in total. The summed E-state index contributed by atoms with van der Waals surface area (Å²) in [5.74, 6) is -3.30. The van der Waals surface area contributed by atoms with Crippen LogP contribution in [0, 0.1) is 0 Å². The summed E-state index contributed by atoms with van der Waals surface area (Å²) in [7, 11) is 0. The fourth-order valence-electron chi connectivity index (χ4n) is 1.02. The van der Waals surface area contributed by atoms with Gasteiger partial charge in [0.05, 0.1) is 0 Å². The highest BCUT2D eigenvalue weighted by atomic mass is 32.2. The first-order valence-electron chi connectivity index (χ1n) is 5.11. The van der Waals surface area contributed by atoms with E-state index in [2.05, 4.69) is 0 Å². The average Bonchev–Trinajstić information content (AvgIpc) is 2.17. The minimum atomic E-state index is -3.29. The zero-order valence-corrected chi connectivity index (χ0v) is 9.88. The van der Waals surface area contributed by atoms with E-state index >= 15 is 0 Å². The summed E-state index contributed by atoms with van der Waals surface area (Å²) >= 11 is 0.853. The van der Waals surface area contributed by atoms with Crippen molar-refractivity contribution >= 4 is 16.9 Å². The van der Waals surface area contributed by atoms with Crippen molar-refractivity contribution in [2.45, 2.75) is 51.6 Å². The van der Waals surface area contributed by atoms with Gasteiger partial charge in [-0.25, -0.2) is 13.2 Å². The van der Waals surface area contributed by atoms with Crippen LogP contribution in [0.25, 0.3) is 0 Å². The Balaban J connectivity index is 3.87. The molecule has 15 heavy (non-hydrogen) atoms. The van der Waals surface area contributed by atoms with Crippen LogP contribution in [0.2, 0.25) is 0 Å². The van der Waals surface area contributed by atoms with Crippen LogP contribution in [-0.4, -0.2) is 23.0 Å². The van der Waals surface area contributed by atoms with Crippen LogP contribution in [0.1, 0.15) is 39.5 Å². The third-order valence-electron chi connectivity index (χ3n) is 1.99. The fraction of sp³-hybridized carbons (Fsp3) is 0.900. The number of hydrogen-bond acceptors (Lipinski definition) is 2. The molecule has 0 radical (unpaired) electrons. The van der Waals surface area contributed by atoms with Crippen molar-refractivity contribution in [2.24, 2.45) is 0 Å². The molecule has 0 fully saturated rings.